The van der Waals surface area contributed by atoms with Gasteiger partial charge in [0.1, 0.15) is 12.4 Å². The topological polar surface area (TPSA) is 65.9 Å². The number of oxime groups is 1. The summed E-state index contributed by atoms with van der Waals surface area (Å²) in [7, 11) is 0. The van der Waals surface area contributed by atoms with Crippen molar-refractivity contribution in [3.63, 3.8) is 0 Å². The lowest BCUT2D eigenvalue weighted by Crippen LogP contribution is -2.48. The molecule has 0 radical (unpaired) electrons. The first-order valence-electron chi connectivity index (χ1n) is 14.6. The van der Waals surface area contributed by atoms with Crippen molar-refractivity contribution in [1.82, 2.24) is 14.9 Å². The van der Waals surface area contributed by atoms with Crippen molar-refractivity contribution in [2.45, 2.75) is 108 Å². The van der Waals surface area contributed by atoms with Crippen molar-refractivity contribution in [3.8, 4) is 0 Å². The molecule has 2 aliphatic carbocycles. The second-order valence-electron chi connectivity index (χ2n) is 11.3. The minimum absolute atomic E-state index is 0.428. The SMILES string of the molecule is c1cc(N2CCCCCC2)nc(NC2CCCN(C3CCC(=NOCC4CCCCC4)CC3)C2)n1. The first kappa shape index (κ1) is 24.8. The van der Waals surface area contributed by atoms with Gasteiger partial charge in [0.25, 0.3) is 0 Å². The summed E-state index contributed by atoms with van der Waals surface area (Å²) < 4.78 is 0. The zero-order valence-corrected chi connectivity index (χ0v) is 21.7. The predicted octanol–water partition coefficient (Wildman–Crippen LogP) is 5.63. The highest BCUT2D eigenvalue weighted by atomic mass is 16.6. The van der Waals surface area contributed by atoms with Crippen molar-refractivity contribution < 1.29 is 4.84 Å². The number of anilines is 2. The standard InChI is InChI=1S/C28H46N6O/c1-2-7-19-33(18-6-1)27-16-17-29-28(31-27)30-25-11-8-20-34(21-25)26-14-12-24(13-15-26)32-35-22-23-9-4-3-5-10-23/h16-17,23,25-26H,1-15,18-22H2,(H,29,30,31). The maximum Gasteiger partial charge on any atom is 0.224 e. The van der Waals surface area contributed by atoms with Gasteiger partial charge in [0.05, 0.1) is 5.71 Å². The van der Waals surface area contributed by atoms with E-state index in [1.807, 2.05) is 6.20 Å². The van der Waals surface area contributed by atoms with E-state index in [0.29, 0.717) is 12.1 Å². The van der Waals surface area contributed by atoms with Crippen LogP contribution in [-0.4, -0.2) is 65.4 Å². The molecule has 0 bridgehead atoms. The van der Waals surface area contributed by atoms with Crippen LogP contribution < -0.4 is 10.2 Å². The summed E-state index contributed by atoms with van der Waals surface area (Å²) >= 11 is 0. The van der Waals surface area contributed by atoms with Crippen LogP contribution in [0.5, 0.6) is 0 Å². The van der Waals surface area contributed by atoms with E-state index in [2.05, 4.69) is 31.3 Å². The zero-order valence-electron chi connectivity index (χ0n) is 21.7. The van der Waals surface area contributed by atoms with E-state index in [1.165, 1.54) is 95.7 Å². The molecular weight excluding hydrogens is 436 g/mol. The normalized spacial score (nSPS) is 27.3. The molecule has 2 aliphatic heterocycles. The van der Waals surface area contributed by atoms with Crippen LogP contribution in [0.2, 0.25) is 0 Å². The number of likely N-dealkylation sites (tertiary alicyclic amines) is 1. The summed E-state index contributed by atoms with van der Waals surface area (Å²) in [5, 5.41) is 8.22. The first-order valence-corrected chi connectivity index (χ1v) is 14.6. The molecule has 4 fully saturated rings. The minimum atomic E-state index is 0.428. The van der Waals surface area contributed by atoms with Gasteiger partial charge in [-0.2, -0.15) is 4.98 Å². The molecule has 4 aliphatic rings. The van der Waals surface area contributed by atoms with E-state index in [4.69, 9.17) is 9.82 Å². The lowest BCUT2D eigenvalue weighted by molar-refractivity contribution is 0.0886. The van der Waals surface area contributed by atoms with Crippen molar-refractivity contribution in [2.75, 3.05) is 43.0 Å². The molecule has 3 heterocycles. The Bertz CT molecular complexity index is 792. The van der Waals surface area contributed by atoms with Crippen LogP contribution in [-0.2, 0) is 4.84 Å². The summed E-state index contributed by atoms with van der Waals surface area (Å²) in [6.07, 6.45) is 21.0. The fraction of sp³-hybridized carbons (Fsp3) is 0.821. The second kappa shape index (κ2) is 12.9. The molecule has 1 atom stereocenters. The molecule has 7 heteroatoms. The number of nitrogens with one attached hydrogen (secondary N) is 1. The largest absolute Gasteiger partial charge is 0.396 e. The number of nitrogens with zero attached hydrogens (tertiary/aromatic N) is 5. The summed E-state index contributed by atoms with van der Waals surface area (Å²) in [6, 6.07) is 3.17. The molecule has 1 aromatic rings. The van der Waals surface area contributed by atoms with Gasteiger partial charge in [-0.25, -0.2) is 4.98 Å². The molecule has 0 spiro atoms. The fourth-order valence-electron chi connectivity index (χ4n) is 6.51. The molecule has 2 saturated heterocycles. The number of hydrogen-bond donors (Lipinski definition) is 1. The number of hydrogen-bond acceptors (Lipinski definition) is 7. The molecule has 1 unspecified atom stereocenters. The molecule has 7 nitrogen and oxygen atoms in total. The Morgan fingerprint density at radius 2 is 1.66 bits per heavy atom. The van der Waals surface area contributed by atoms with Gasteiger partial charge in [-0.3, -0.25) is 4.90 Å². The molecule has 0 amide bonds. The van der Waals surface area contributed by atoms with E-state index in [-0.39, 0.29) is 0 Å². The Morgan fingerprint density at radius 3 is 2.46 bits per heavy atom. The highest BCUT2D eigenvalue weighted by Crippen LogP contribution is 2.27. The van der Waals surface area contributed by atoms with Crippen molar-refractivity contribution in [3.05, 3.63) is 12.3 Å². The zero-order chi connectivity index (χ0) is 23.7. The van der Waals surface area contributed by atoms with Gasteiger partial charge in [-0.05, 0) is 82.7 Å². The first-order chi connectivity index (χ1) is 17.3. The molecule has 1 N–H and O–H groups in total. The number of piperidine rings is 1. The Morgan fingerprint density at radius 1 is 0.886 bits per heavy atom. The molecule has 35 heavy (non-hydrogen) atoms. The average molecular weight is 483 g/mol. The van der Waals surface area contributed by atoms with Crippen LogP contribution in [0.1, 0.15) is 96.3 Å². The van der Waals surface area contributed by atoms with E-state index in [0.717, 1.165) is 56.8 Å². The van der Waals surface area contributed by atoms with Gasteiger partial charge in [0.15, 0.2) is 0 Å². The van der Waals surface area contributed by atoms with Crippen LogP contribution in [0.15, 0.2) is 17.4 Å². The van der Waals surface area contributed by atoms with Crippen molar-refractivity contribution in [1.29, 1.82) is 0 Å². The van der Waals surface area contributed by atoms with Crippen molar-refractivity contribution >= 4 is 17.5 Å². The average Bonchev–Trinajstić information content (AvgIpc) is 3.20. The predicted molar refractivity (Wildman–Crippen MR) is 143 cm³/mol. The lowest BCUT2D eigenvalue weighted by Gasteiger charge is -2.40. The van der Waals surface area contributed by atoms with E-state index in [9.17, 15) is 0 Å². The van der Waals surface area contributed by atoms with Crippen LogP contribution in [0.25, 0.3) is 0 Å². The molecule has 1 aromatic heterocycles. The highest BCUT2D eigenvalue weighted by Gasteiger charge is 2.29. The summed E-state index contributed by atoms with van der Waals surface area (Å²) in [4.78, 5) is 20.4. The Labute approximate surface area is 212 Å². The quantitative estimate of drug-likeness (QED) is 0.508. The van der Waals surface area contributed by atoms with Gasteiger partial charge in [0.2, 0.25) is 5.95 Å². The van der Waals surface area contributed by atoms with Crippen LogP contribution in [0.4, 0.5) is 11.8 Å². The third-order valence-electron chi connectivity index (χ3n) is 8.63. The maximum absolute atomic E-state index is 5.78. The van der Waals surface area contributed by atoms with Crippen molar-refractivity contribution in [2.24, 2.45) is 11.1 Å². The molecule has 2 saturated carbocycles. The van der Waals surface area contributed by atoms with Crippen LogP contribution in [0, 0.1) is 5.92 Å². The molecule has 194 valence electrons. The highest BCUT2D eigenvalue weighted by molar-refractivity contribution is 5.84. The molecule has 5 rings (SSSR count). The fourth-order valence-corrected chi connectivity index (χ4v) is 6.51. The summed E-state index contributed by atoms with van der Waals surface area (Å²) in [6.45, 7) is 5.36. The Hall–Kier alpha value is -1.89. The van der Waals surface area contributed by atoms with E-state index in [1.54, 1.807) is 0 Å². The van der Waals surface area contributed by atoms with Gasteiger partial charge in [-0.15, -0.1) is 0 Å². The monoisotopic (exact) mass is 482 g/mol. The van der Waals surface area contributed by atoms with Crippen LogP contribution in [0.3, 0.4) is 0 Å². The lowest BCUT2D eigenvalue weighted by atomic mass is 9.90. The minimum Gasteiger partial charge on any atom is -0.396 e. The molecule has 0 aromatic carbocycles. The van der Waals surface area contributed by atoms with Crippen LogP contribution >= 0.6 is 0 Å². The number of aromatic nitrogens is 2. The third kappa shape index (κ3) is 7.31. The van der Waals surface area contributed by atoms with E-state index >= 15 is 0 Å². The summed E-state index contributed by atoms with van der Waals surface area (Å²) in [5.74, 6) is 2.62. The third-order valence-corrected chi connectivity index (χ3v) is 8.63. The Balaban J connectivity index is 1.07. The van der Waals surface area contributed by atoms with E-state index < -0.39 is 0 Å². The number of rotatable bonds is 7. The second-order valence-corrected chi connectivity index (χ2v) is 11.3. The maximum atomic E-state index is 5.78. The smallest absolute Gasteiger partial charge is 0.224 e. The van der Waals surface area contributed by atoms with Gasteiger partial charge >= 0.3 is 0 Å². The van der Waals surface area contributed by atoms with Gasteiger partial charge < -0.3 is 15.1 Å². The van der Waals surface area contributed by atoms with Gasteiger partial charge in [0, 0.05) is 37.9 Å². The Kier molecular flexibility index (Phi) is 9.13. The molecular formula is C28H46N6O. The summed E-state index contributed by atoms with van der Waals surface area (Å²) in [5.41, 5.74) is 1.28. The van der Waals surface area contributed by atoms with Gasteiger partial charge in [-0.1, -0.05) is 37.3 Å².